The van der Waals surface area contributed by atoms with Crippen molar-refractivity contribution in [3.63, 3.8) is 0 Å². The van der Waals surface area contributed by atoms with Gasteiger partial charge in [-0.25, -0.2) is 0 Å². The van der Waals surface area contributed by atoms with Crippen LogP contribution in [0, 0.1) is 16.5 Å². The van der Waals surface area contributed by atoms with Crippen LogP contribution >= 0.6 is 0 Å². The van der Waals surface area contributed by atoms with Crippen LogP contribution in [-0.4, -0.2) is 7.11 Å². The van der Waals surface area contributed by atoms with Crippen molar-refractivity contribution in [1.29, 1.82) is 5.26 Å². The molecule has 0 saturated carbocycles. The Bertz CT molecular complexity index is 1200. The van der Waals surface area contributed by atoms with E-state index in [0.717, 1.165) is 22.4 Å². The molecule has 0 N–H and O–H groups in total. The number of pyridine rings is 1. The number of rotatable bonds is 8. The van der Waals surface area contributed by atoms with Gasteiger partial charge < -0.3 is 19.4 Å². The van der Waals surface area contributed by atoms with Crippen LogP contribution in [0.3, 0.4) is 0 Å². The Labute approximate surface area is 192 Å². The summed E-state index contributed by atoms with van der Waals surface area (Å²) in [4.78, 5) is 0. The maximum absolute atomic E-state index is 12.3. The van der Waals surface area contributed by atoms with E-state index in [1.807, 2.05) is 91.0 Å². The highest BCUT2D eigenvalue weighted by molar-refractivity contribution is 5.42. The van der Waals surface area contributed by atoms with Gasteiger partial charge in [0.2, 0.25) is 11.9 Å². The Morgan fingerprint density at radius 2 is 1.48 bits per heavy atom. The monoisotopic (exact) mass is 438 g/mol. The van der Waals surface area contributed by atoms with Crippen LogP contribution in [-0.2, 0) is 6.61 Å². The molecule has 1 heterocycles. The highest BCUT2D eigenvalue weighted by atomic mass is 16.5. The van der Waals surface area contributed by atoms with Gasteiger partial charge in [0.05, 0.1) is 13.2 Å². The van der Waals surface area contributed by atoms with Crippen LogP contribution in [0.25, 0.3) is 0 Å². The Morgan fingerprint density at radius 1 is 0.879 bits per heavy atom. The van der Waals surface area contributed by atoms with E-state index in [4.69, 9.17) is 14.2 Å². The van der Waals surface area contributed by atoms with Gasteiger partial charge in [-0.05, 0) is 28.8 Å². The van der Waals surface area contributed by atoms with E-state index < -0.39 is 6.10 Å². The highest BCUT2D eigenvalue weighted by Gasteiger charge is 2.22. The lowest BCUT2D eigenvalue weighted by Gasteiger charge is -2.21. The number of aromatic nitrogens is 1. The van der Waals surface area contributed by atoms with Crippen molar-refractivity contribution in [3.8, 4) is 23.3 Å². The van der Waals surface area contributed by atoms with E-state index in [9.17, 15) is 10.5 Å². The number of hydrogen-bond donors (Lipinski definition) is 0. The second kappa shape index (κ2) is 10.2. The topological polar surface area (TPSA) is 78.4 Å². The first-order chi connectivity index (χ1) is 16.2. The first-order valence-electron chi connectivity index (χ1n) is 10.4. The van der Waals surface area contributed by atoms with Gasteiger partial charge in [0, 0.05) is 0 Å². The molecule has 0 saturated heterocycles. The Morgan fingerprint density at radius 3 is 2.03 bits per heavy atom. The third-order valence-electron chi connectivity index (χ3n) is 5.10. The van der Waals surface area contributed by atoms with E-state index >= 15 is 0 Å². The van der Waals surface area contributed by atoms with Crippen molar-refractivity contribution in [1.82, 2.24) is 0 Å². The summed E-state index contributed by atoms with van der Waals surface area (Å²) in [7, 11) is 1.61. The first-order valence-corrected chi connectivity index (χ1v) is 10.4. The minimum absolute atomic E-state index is 0.0818. The van der Waals surface area contributed by atoms with Crippen molar-refractivity contribution < 1.29 is 18.9 Å². The van der Waals surface area contributed by atoms with Crippen molar-refractivity contribution in [2.45, 2.75) is 12.7 Å². The largest absolute Gasteiger partial charge is 0.618 e. The lowest BCUT2D eigenvalue weighted by Crippen LogP contribution is -2.30. The van der Waals surface area contributed by atoms with Gasteiger partial charge in [0.25, 0.3) is 5.69 Å². The summed E-state index contributed by atoms with van der Waals surface area (Å²) >= 11 is 0. The molecule has 6 nitrogen and oxygen atoms in total. The van der Waals surface area contributed by atoms with Crippen LogP contribution in [0.5, 0.6) is 17.2 Å². The van der Waals surface area contributed by atoms with Crippen molar-refractivity contribution in [3.05, 3.63) is 125 Å². The second-order valence-corrected chi connectivity index (χ2v) is 7.28. The summed E-state index contributed by atoms with van der Waals surface area (Å²) in [6.07, 6.45) is 0.773. The Kier molecular flexibility index (Phi) is 6.72. The number of benzene rings is 3. The molecular weight excluding hydrogens is 416 g/mol. The van der Waals surface area contributed by atoms with Crippen LogP contribution in [0.2, 0.25) is 0 Å². The molecule has 0 amide bonds. The molecule has 0 spiro atoms. The Hall–Kier alpha value is -4.50. The van der Waals surface area contributed by atoms with Crippen LogP contribution < -0.4 is 18.9 Å². The highest BCUT2D eigenvalue weighted by Crippen LogP contribution is 2.34. The molecular formula is C27H22N2O4. The molecule has 0 fully saturated rings. The van der Waals surface area contributed by atoms with E-state index in [0.29, 0.717) is 10.5 Å². The SMILES string of the molecule is COc1ccc(COc2c[n+]([O-])c(C#N)cc2OC(c2ccccc2)c2ccccc2)cc1. The zero-order chi connectivity index (χ0) is 23.0. The van der Waals surface area contributed by atoms with Crippen molar-refractivity contribution >= 4 is 0 Å². The van der Waals surface area contributed by atoms with Gasteiger partial charge >= 0.3 is 0 Å². The fraction of sp³-hybridized carbons (Fsp3) is 0.111. The van der Waals surface area contributed by atoms with Gasteiger partial charge in [-0.2, -0.15) is 9.99 Å². The minimum Gasteiger partial charge on any atom is -0.618 e. The summed E-state index contributed by atoms with van der Waals surface area (Å²) in [6.45, 7) is 0.216. The van der Waals surface area contributed by atoms with Crippen molar-refractivity contribution in [2.75, 3.05) is 7.11 Å². The lowest BCUT2D eigenvalue weighted by atomic mass is 10.0. The van der Waals surface area contributed by atoms with Gasteiger partial charge in [-0.15, -0.1) is 0 Å². The van der Waals surface area contributed by atoms with Gasteiger partial charge in [0.15, 0.2) is 11.8 Å². The van der Waals surface area contributed by atoms with Crippen LogP contribution in [0.1, 0.15) is 28.5 Å². The molecule has 0 atom stereocenters. The molecule has 0 unspecified atom stereocenters. The molecule has 6 heteroatoms. The average Bonchev–Trinajstić information content (AvgIpc) is 2.88. The third-order valence-corrected chi connectivity index (χ3v) is 5.10. The molecule has 33 heavy (non-hydrogen) atoms. The fourth-order valence-corrected chi connectivity index (χ4v) is 3.37. The van der Waals surface area contributed by atoms with Gasteiger partial charge in [-0.1, -0.05) is 72.8 Å². The molecule has 3 aromatic carbocycles. The molecule has 4 rings (SSSR count). The quantitative estimate of drug-likeness (QED) is 0.287. The number of ether oxygens (including phenoxy) is 3. The summed E-state index contributed by atoms with van der Waals surface area (Å²) < 4.78 is 18.0. The fourth-order valence-electron chi connectivity index (χ4n) is 3.37. The molecule has 1 aromatic heterocycles. The standard InChI is InChI=1S/C27H22N2O4/c1-31-24-14-12-20(13-15-24)19-32-26-18-29(30)23(17-28)16-25(26)33-27(21-8-4-2-5-9-21)22-10-6-3-7-11-22/h2-16,18,27H,19H2,1H3. The normalized spacial score (nSPS) is 10.5. The summed E-state index contributed by atoms with van der Waals surface area (Å²) in [5.74, 6) is 1.30. The van der Waals surface area contributed by atoms with Gasteiger partial charge in [0.1, 0.15) is 18.5 Å². The zero-order valence-electron chi connectivity index (χ0n) is 18.0. The smallest absolute Gasteiger partial charge is 0.298 e. The third kappa shape index (κ3) is 5.23. The minimum atomic E-state index is -0.454. The summed E-state index contributed by atoms with van der Waals surface area (Å²) in [5, 5.41) is 21.7. The maximum atomic E-state index is 12.3. The number of nitrogens with zero attached hydrogens (tertiary/aromatic N) is 2. The maximum Gasteiger partial charge on any atom is 0.298 e. The number of methoxy groups -OCH3 is 1. The van der Waals surface area contributed by atoms with Crippen LogP contribution in [0.4, 0.5) is 0 Å². The lowest BCUT2D eigenvalue weighted by molar-refractivity contribution is -0.608. The molecule has 0 aliphatic heterocycles. The zero-order valence-corrected chi connectivity index (χ0v) is 18.0. The molecule has 0 aliphatic rings. The first kappa shape index (κ1) is 21.7. The van der Waals surface area contributed by atoms with E-state index in [-0.39, 0.29) is 18.1 Å². The van der Waals surface area contributed by atoms with Gasteiger partial charge in [-0.3, -0.25) is 0 Å². The molecule has 0 radical (unpaired) electrons. The second-order valence-electron chi connectivity index (χ2n) is 7.28. The average molecular weight is 438 g/mol. The molecule has 0 aliphatic carbocycles. The molecule has 164 valence electrons. The van der Waals surface area contributed by atoms with E-state index in [1.54, 1.807) is 7.11 Å². The predicted octanol–water partition coefficient (Wildman–Crippen LogP) is 4.95. The molecule has 4 aromatic rings. The molecule has 0 bridgehead atoms. The Balaban J connectivity index is 1.67. The summed E-state index contributed by atoms with van der Waals surface area (Å²) in [5.41, 5.74) is 2.68. The number of hydrogen-bond acceptors (Lipinski definition) is 5. The predicted molar refractivity (Wildman–Crippen MR) is 123 cm³/mol. The number of nitriles is 1. The van der Waals surface area contributed by atoms with E-state index in [1.165, 1.54) is 12.3 Å². The van der Waals surface area contributed by atoms with E-state index in [2.05, 4.69) is 0 Å². The van der Waals surface area contributed by atoms with Crippen molar-refractivity contribution in [2.24, 2.45) is 0 Å². The summed E-state index contributed by atoms with van der Waals surface area (Å²) in [6, 6.07) is 30.2. The van der Waals surface area contributed by atoms with Crippen LogP contribution in [0.15, 0.2) is 97.2 Å².